The molecule has 0 saturated carbocycles. The van der Waals surface area contributed by atoms with Crippen molar-refractivity contribution in [3.05, 3.63) is 48.7 Å². The standard InChI is InChI=1S/C13H15N3O2S/c1-14-12-9-6-10-15-13(12)19(17,18)16(2)11-7-4-3-5-8-11/h3-10,14H,1-2H3. The van der Waals surface area contributed by atoms with Crippen LogP contribution < -0.4 is 9.62 Å². The van der Waals surface area contributed by atoms with Crippen molar-refractivity contribution in [2.75, 3.05) is 23.7 Å². The van der Waals surface area contributed by atoms with Crippen LogP contribution in [0.1, 0.15) is 0 Å². The van der Waals surface area contributed by atoms with E-state index in [1.54, 1.807) is 43.4 Å². The van der Waals surface area contributed by atoms with E-state index in [2.05, 4.69) is 10.3 Å². The highest BCUT2D eigenvalue weighted by Gasteiger charge is 2.25. The van der Waals surface area contributed by atoms with E-state index >= 15 is 0 Å². The van der Waals surface area contributed by atoms with Gasteiger partial charge < -0.3 is 5.32 Å². The van der Waals surface area contributed by atoms with Crippen LogP contribution in [0.25, 0.3) is 0 Å². The number of nitrogens with one attached hydrogen (secondary N) is 1. The molecule has 0 aliphatic rings. The largest absolute Gasteiger partial charge is 0.386 e. The van der Waals surface area contributed by atoms with Crippen LogP contribution in [-0.2, 0) is 10.0 Å². The van der Waals surface area contributed by atoms with Crippen LogP contribution in [0, 0.1) is 0 Å². The number of rotatable bonds is 4. The van der Waals surface area contributed by atoms with Crippen molar-refractivity contribution >= 4 is 21.4 Å². The summed E-state index contributed by atoms with van der Waals surface area (Å²) >= 11 is 0. The minimum atomic E-state index is -3.68. The summed E-state index contributed by atoms with van der Waals surface area (Å²) in [6.45, 7) is 0. The molecule has 6 heteroatoms. The molecule has 0 aliphatic carbocycles. The van der Waals surface area contributed by atoms with Crippen LogP contribution in [0.15, 0.2) is 53.7 Å². The van der Waals surface area contributed by atoms with Gasteiger partial charge in [-0.3, -0.25) is 4.31 Å². The van der Waals surface area contributed by atoms with Gasteiger partial charge >= 0.3 is 0 Å². The van der Waals surface area contributed by atoms with Gasteiger partial charge in [0.05, 0.1) is 11.4 Å². The molecule has 0 amide bonds. The Balaban J connectivity index is 2.48. The second-order valence-corrected chi connectivity index (χ2v) is 5.80. The van der Waals surface area contributed by atoms with Crippen LogP contribution in [0.2, 0.25) is 0 Å². The number of pyridine rings is 1. The van der Waals surface area contributed by atoms with Gasteiger partial charge in [0.1, 0.15) is 0 Å². The third-order valence-corrected chi connectivity index (χ3v) is 4.51. The summed E-state index contributed by atoms with van der Waals surface area (Å²) in [6, 6.07) is 12.3. The highest BCUT2D eigenvalue weighted by Crippen LogP contribution is 2.24. The normalized spacial score (nSPS) is 11.1. The Kier molecular flexibility index (Phi) is 3.71. The maximum Gasteiger partial charge on any atom is 0.283 e. The van der Waals surface area contributed by atoms with Crippen molar-refractivity contribution in [3.63, 3.8) is 0 Å². The summed E-state index contributed by atoms with van der Waals surface area (Å²) in [4.78, 5) is 3.98. The third-order valence-electron chi connectivity index (χ3n) is 2.77. The fourth-order valence-corrected chi connectivity index (χ4v) is 2.99. The molecule has 0 fully saturated rings. The van der Waals surface area contributed by atoms with Crippen molar-refractivity contribution in [2.45, 2.75) is 5.03 Å². The first-order valence-electron chi connectivity index (χ1n) is 5.74. The molecule has 0 saturated heterocycles. The molecule has 5 nitrogen and oxygen atoms in total. The first kappa shape index (κ1) is 13.4. The number of sulfonamides is 1. The molecule has 1 aromatic heterocycles. The molecule has 0 radical (unpaired) electrons. The maximum atomic E-state index is 12.5. The lowest BCUT2D eigenvalue weighted by atomic mass is 10.3. The van der Waals surface area contributed by atoms with Crippen molar-refractivity contribution in [1.29, 1.82) is 0 Å². The van der Waals surface area contributed by atoms with E-state index in [0.29, 0.717) is 11.4 Å². The fourth-order valence-electron chi connectivity index (χ4n) is 1.69. The number of hydrogen-bond donors (Lipinski definition) is 1. The van der Waals surface area contributed by atoms with Gasteiger partial charge in [0.25, 0.3) is 10.0 Å². The average molecular weight is 277 g/mol. The Morgan fingerprint density at radius 2 is 1.79 bits per heavy atom. The zero-order valence-electron chi connectivity index (χ0n) is 10.7. The van der Waals surface area contributed by atoms with E-state index in [9.17, 15) is 8.42 Å². The molecule has 2 aromatic rings. The summed E-state index contributed by atoms with van der Waals surface area (Å²) in [6.07, 6.45) is 1.46. The summed E-state index contributed by atoms with van der Waals surface area (Å²) < 4.78 is 26.3. The second-order valence-electron chi connectivity index (χ2n) is 3.91. The van der Waals surface area contributed by atoms with Crippen molar-refractivity contribution in [1.82, 2.24) is 4.98 Å². The Hall–Kier alpha value is -2.08. The van der Waals surface area contributed by atoms with Crippen molar-refractivity contribution in [3.8, 4) is 0 Å². The zero-order valence-corrected chi connectivity index (χ0v) is 11.6. The lowest BCUT2D eigenvalue weighted by Crippen LogP contribution is -2.28. The summed E-state index contributed by atoms with van der Waals surface area (Å²) in [5.41, 5.74) is 1.07. The van der Waals surface area contributed by atoms with E-state index in [1.165, 1.54) is 17.5 Å². The van der Waals surface area contributed by atoms with Crippen LogP contribution >= 0.6 is 0 Å². The van der Waals surface area contributed by atoms with Crippen molar-refractivity contribution < 1.29 is 8.42 Å². The molecule has 1 N–H and O–H groups in total. The molecule has 19 heavy (non-hydrogen) atoms. The zero-order chi connectivity index (χ0) is 13.9. The summed E-state index contributed by atoms with van der Waals surface area (Å²) in [5.74, 6) is 0. The Morgan fingerprint density at radius 3 is 2.42 bits per heavy atom. The minimum Gasteiger partial charge on any atom is -0.386 e. The summed E-state index contributed by atoms with van der Waals surface area (Å²) in [7, 11) is -0.497. The quantitative estimate of drug-likeness (QED) is 0.928. The predicted octanol–water partition coefficient (Wildman–Crippen LogP) is 1.95. The van der Waals surface area contributed by atoms with Gasteiger partial charge in [0, 0.05) is 20.3 Å². The second kappa shape index (κ2) is 5.27. The molecular formula is C13H15N3O2S. The van der Waals surface area contributed by atoms with E-state index in [-0.39, 0.29) is 5.03 Å². The predicted molar refractivity (Wildman–Crippen MR) is 75.8 cm³/mol. The Bertz CT molecular complexity index is 657. The minimum absolute atomic E-state index is 0.0175. The average Bonchev–Trinajstić information content (AvgIpc) is 2.47. The number of anilines is 2. The maximum absolute atomic E-state index is 12.5. The smallest absolute Gasteiger partial charge is 0.283 e. The molecular weight excluding hydrogens is 262 g/mol. The molecule has 2 rings (SSSR count). The van der Waals surface area contributed by atoms with E-state index in [1.807, 2.05) is 6.07 Å². The van der Waals surface area contributed by atoms with Crippen LogP contribution in [0.4, 0.5) is 11.4 Å². The lowest BCUT2D eigenvalue weighted by molar-refractivity contribution is 0.591. The number of hydrogen-bond acceptors (Lipinski definition) is 4. The topological polar surface area (TPSA) is 62.3 Å². The molecule has 0 bridgehead atoms. The van der Waals surface area contributed by atoms with E-state index in [0.717, 1.165) is 0 Å². The molecule has 0 atom stereocenters. The van der Waals surface area contributed by atoms with Crippen LogP contribution in [0.5, 0.6) is 0 Å². The number of benzene rings is 1. The van der Waals surface area contributed by atoms with Gasteiger partial charge in [-0.2, -0.15) is 8.42 Å². The van der Waals surface area contributed by atoms with Gasteiger partial charge in [-0.25, -0.2) is 4.98 Å². The number of nitrogens with zero attached hydrogens (tertiary/aromatic N) is 2. The molecule has 1 heterocycles. The van der Waals surface area contributed by atoms with E-state index < -0.39 is 10.0 Å². The number of aromatic nitrogens is 1. The molecule has 0 spiro atoms. The monoisotopic (exact) mass is 277 g/mol. The first-order valence-corrected chi connectivity index (χ1v) is 7.18. The lowest BCUT2D eigenvalue weighted by Gasteiger charge is -2.20. The van der Waals surface area contributed by atoms with Gasteiger partial charge in [0.2, 0.25) is 0 Å². The first-order chi connectivity index (χ1) is 9.07. The van der Waals surface area contributed by atoms with E-state index in [4.69, 9.17) is 0 Å². The Morgan fingerprint density at radius 1 is 1.11 bits per heavy atom. The van der Waals surface area contributed by atoms with Gasteiger partial charge in [-0.05, 0) is 24.3 Å². The van der Waals surface area contributed by atoms with Gasteiger partial charge in [-0.15, -0.1) is 0 Å². The van der Waals surface area contributed by atoms with Crippen molar-refractivity contribution in [2.24, 2.45) is 0 Å². The SMILES string of the molecule is CNc1cccnc1S(=O)(=O)N(C)c1ccccc1. The molecule has 0 aliphatic heterocycles. The highest BCUT2D eigenvalue weighted by molar-refractivity contribution is 7.92. The van der Waals surface area contributed by atoms with Gasteiger partial charge in [-0.1, -0.05) is 18.2 Å². The van der Waals surface area contributed by atoms with Crippen LogP contribution in [-0.4, -0.2) is 27.5 Å². The number of para-hydroxylation sites is 1. The van der Waals surface area contributed by atoms with Gasteiger partial charge in [0.15, 0.2) is 5.03 Å². The van der Waals surface area contributed by atoms with Crippen LogP contribution in [0.3, 0.4) is 0 Å². The highest BCUT2D eigenvalue weighted by atomic mass is 32.2. The molecule has 0 unspecified atom stereocenters. The molecule has 1 aromatic carbocycles. The summed E-state index contributed by atoms with van der Waals surface area (Å²) in [5, 5.41) is 2.86. The third kappa shape index (κ3) is 2.53. The fraction of sp³-hybridized carbons (Fsp3) is 0.154. The molecule has 100 valence electrons. The Labute approximate surface area is 113 Å².